The van der Waals surface area contributed by atoms with Crippen LogP contribution in [0.3, 0.4) is 0 Å². The Kier molecular flexibility index (Phi) is 4.16. The number of hydrogen-bond donors (Lipinski definition) is 3. The Morgan fingerprint density at radius 3 is 2.64 bits per heavy atom. The maximum atomic E-state index is 9.51. The first-order valence-electron chi connectivity index (χ1n) is 4.66. The highest BCUT2D eigenvalue weighted by Crippen LogP contribution is 2.05. The predicted octanol–water partition coefficient (Wildman–Crippen LogP) is 1.89. The van der Waals surface area contributed by atoms with Gasteiger partial charge in [0.2, 0.25) is 0 Å². The van der Waals surface area contributed by atoms with Gasteiger partial charge in [0.15, 0.2) is 0 Å². The molecule has 0 aromatic heterocycles. The summed E-state index contributed by atoms with van der Waals surface area (Å²) in [5.74, 6) is 0. The average molecular weight is 192 g/mol. The van der Waals surface area contributed by atoms with Crippen molar-refractivity contribution in [2.75, 3.05) is 5.43 Å². The number of anilines is 1. The topological polar surface area (TPSA) is 44.3 Å². The molecule has 0 amide bonds. The molecule has 0 fully saturated rings. The minimum atomic E-state index is -0.708. The van der Waals surface area contributed by atoms with Gasteiger partial charge in [0.1, 0.15) is 6.23 Å². The Balaban J connectivity index is 2.38. The molecular formula is C11H16N2O. The first-order chi connectivity index (χ1) is 6.74. The fourth-order valence-electron chi connectivity index (χ4n) is 0.969. The Morgan fingerprint density at radius 1 is 1.43 bits per heavy atom. The van der Waals surface area contributed by atoms with Crippen molar-refractivity contribution >= 4 is 5.69 Å². The standard InChI is InChI=1S/C11H16N2O/c1-3-9(2)11(14)13-12-10-7-5-4-6-8-10/h4-8,11-14H,2-3H2,1H3. The Bertz CT molecular complexity index is 285. The van der Waals surface area contributed by atoms with Crippen LogP contribution in [0.2, 0.25) is 0 Å². The normalized spacial score (nSPS) is 12.1. The van der Waals surface area contributed by atoms with E-state index in [1.807, 2.05) is 37.3 Å². The second-order valence-electron chi connectivity index (χ2n) is 3.05. The molecule has 0 radical (unpaired) electrons. The lowest BCUT2D eigenvalue weighted by Crippen LogP contribution is -2.34. The van der Waals surface area contributed by atoms with Crippen molar-refractivity contribution in [1.82, 2.24) is 5.43 Å². The summed E-state index contributed by atoms with van der Waals surface area (Å²) in [6, 6.07) is 9.60. The van der Waals surface area contributed by atoms with E-state index in [0.717, 1.165) is 17.7 Å². The van der Waals surface area contributed by atoms with Crippen LogP contribution in [-0.2, 0) is 0 Å². The van der Waals surface area contributed by atoms with Gasteiger partial charge in [0.05, 0.1) is 0 Å². The second kappa shape index (κ2) is 5.42. The quantitative estimate of drug-likeness (QED) is 0.379. The van der Waals surface area contributed by atoms with Crippen LogP contribution < -0.4 is 10.9 Å². The van der Waals surface area contributed by atoms with E-state index in [1.54, 1.807) is 0 Å². The fourth-order valence-corrected chi connectivity index (χ4v) is 0.969. The monoisotopic (exact) mass is 192 g/mol. The van der Waals surface area contributed by atoms with Crippen LogP contribution in [0.4, 0.5) is 5.69 Å². The molecule has 1 unspecified atom stereocenters. The molecule has 0 saturated carbocycles. The van der Waals surface area contributed by atoms with Gasteiger partial charge in [0.25, 0.3) is 0 Å². The van der Waals surface area contributed by atoms with Crippen LogP contribution in [0.1, 0.15) is 13.3 Å². The van der Waals surface area contributed by atoms with E-state index < -0.39 is 6.23 Å². The molecule has 76 valence electrons. The first-order valence-corrected chi connectivity index (χ1v) is 4.66. The third-order valence-corrected chi connectivity index (χ3v) is 1.97. The van der Waals surface area contributed by atoms with Gasteiger partial charge in [-0.05, 0) is 24.1 Å². The highest BCUT2D eigenvalue weighted by molar-refractivity contribution is 5.41. The summed E-state index contributed by atoms with van der Waals surface area (Å²) in [5.41, 5.74) is 7.32. The van der Waals surface area contributed by atoms with Crippen molar-refractivity contribution in [2.45, 2.75) is 19.6 Å². The number of para-hydroxylation sites is 1. The SMILES string of the molecule is C=C(CC)C(O)NNc1ccccc1. The molecule has 3 N–H and O–H groups in total. The summed E-state index contributed by atoms with van der Waals surface area (Å²) in [5, 5.41) is 9.51. The average Bonchev–Trinajstić information content (AvgIpc) is 2.26. The van der Waals surface area contributed by atoms with E-state index in [0.29, 0.717) is 0 Å². The number of rotatable bonds is 5. The van der Waals surface area contributed by atoms with Gasteiger partial charge in [-0.1, -0.05) is 31.7 Å². The first kappa shape index (κ1) is 10.8. The molecule has 0 saturated heterocycles. The molecule has 0 aliphatic carbocycles. The number of nitrogens with one attached hydrogen (secondary N) is 2. The van der Waals surface area contributed by atoms with Gasteiger partial charge in [-0.2, -0.15) is 0 Å². The maximum absolute atomic E-state index is 9.51. The van der Waals surface area contributed by atoms with Gasteiger partial charge in [-0.3, -0.25) is 0 Å². The summed E-state index contributed by atoms with van der Waals surface area (Å²) >= 11 is 0. The molecule has 3 heteroatoms. The minimum Gasteiger partial charge on any atom is -0.373 e. The highest BCUT2D eigenvalue weighted by Gasteiger charge is 2.04. The smallest absolute Gasteiger partial charge is 0.142 e. The second-order valence-corrected chi connectivity index (χ2v) is 3.05. The fraction of sp³-hybridized carbons (Fsp3) is 0.273. The van der Waals surface area contributed by atoms with E-state index in [1.165, 1.54) is 0 Å². The van der Waals surface area contributed by atoms with Gasteiger partial charge in [0, 0.05) is 5.69 Å². The molecule has 1 aromatic rings. The van der Waals surface area contributed by atoms with E-state index in [9.17, 15) is 5.11 Å². The zero-order valence-corrected chi connectivity index (χ0v) is 8.33. The third-order valence-electron chi connectivity index (χ3n) is 1.97. The highest BCUT2D eigenvalue weighted by atomic mass is 16.3. The zero-order valence-electron chi connectivity index (χ0n) is 8.33. The lowest BCUT2D eigenvalue weighted by Gasteiger charge is -2.15. The van der Waals surface area contributed by atoms with Crippen molar-refractivity contribution in [3.63, 3.8) is 0 Å². The van der Waals surface area contributed by atoms with E-state index in [2.05, 4.69) is 17.4 Å². The molecule has 1 aromatic carbocycles. The van der Waals surface area contributed by atoms with Crippen LogP contribution in [0.25, 0.3) is 0 Å². The van der Waals surface area contributed by atoms with Crippen LogP contribution in [0.15, 0.2) is 42.5 Å². The number of hydrogen-bond acceptors (Lipinski definition) is 3. The predicted molar refractivity (Wildman–Crippen MR) is 58.6 cm³/mol. The summed E-state index contributed by atoms with van der Waals surface area (Å²) in [4.78, 5) is 0. The number of aliphatic hydroxyl groups excluding tert-OH is 1. The largest absolute Gasteiger partial charge is 0.373 e. The maximum Gasteiger partial charge on any atom is 0.142 e. The van der Waals surface area contributed by atoms with Gasteiger partial charge >= 0.3 is 0 Å². The van der Waals surface area contributed by atoms with Crippen LogP contribution >= 0.6 is 0 Å². The van der Waals surface area contributed by atoms with E-state index in [-0.39, 0.29) is 0 Å². The van der Waals surface area contributed by atoms with Gasteiger partial charge in [-0.25, -0.2) is 5.43 Å². The zero-order chi connectivity index (χ0) is 10.4. The molecule has 1 atom stereocenters. The minimum absolute atomic E-state index is 0.708. The number of hydrazine groups is 1. The van der Waals surface area contributed by atoms with E-state index >= 15 is 0 Å². The van der Waals surface area contributed by atoms with Crippen LogP contribution in [0, 0.1) is 0 Å². The van der Waals surface area contributed by atoms with Crippen molar-refractivity contribution in [2.24, 2.45) is 0 Å². The Labute approximate surface area is 84.4 Å². The molecule has 0 spiro atoms. The lowest BCUT2D eigenvalue weighted by atomic mass is 10.2. The van der Waals surface area contributed by atoms with E-state index in [4.69, 9.17) is 0 Å². The molecular weight excluding hydrogens is 176 g/mol. The Hall–Kier alpha value is -1.32. The van der Waals surface area contributed by atoms with Gasteiger partial charge < -0.3 is 10.5 Å². The molecule has 0 aliphatic heterocycles. The number of benzene rings is 1. The van der Waals surface area contributed by atoms with Crippen LogP contribution in [0.5, 0.6) is 0 Å². The molecule has 0 bridgehead atoms. The van der Waals surface area contributed by atoms with Crippen molar-refractivity contribution in [3.05, 3.63) is 42.5 Å². The molecule has 0 heterocycles. The summed E-state index contributed by atoms with van der Waals surface area (Å²) in [6.45, 7) is 5.69. The van der Waals surface area contributed by atoms with Crippen molar-refractivity contribution < 1.29 is 5.11 Å². The summed E-state index contributed by atoms with van der Waals surface area (Å²) < 4.78 is 0. The van der Waals surface area contributed by atoms with Crippen LogP contribution in [-0.4, -0.2) is 11.3 Å². The Morgan fingerprint density at radius 2 is 2.07 bits per heavy atom. The molecule has 1 rings (SSSR count). The number of aliphatic hydroxyl groups is 1. The summed E-state index contributed by atoms with van der Waals surface area (Å²) in [7, 11) is 0. The van der Waals surface area contributed by atoms with Crippen molar-refractivity contribution in [1.29, 1.82) is 0 Å². The lowest BCUT2D eigenvalue weighted by molar-refractivity contribution is 0.180. The molecule has 14 heavy (non-hydrogen) atoms. The van der Waals surface area contributed by atoms with Crippen molar-refractivity contribution in [3.8, 4) is 0 Å². The molecule has 0 aliphatic rings. The summed E-state index contributed by atoms with van der Waals surface area (Å²) in [6.07, 6.45) is 0.0465. The third kappa shape index (κ3) is 3.20. The molecule has 3 nitrogen and oxygen atoms in total. The van der Waals surface area contributed by atoms with Gasteiger partial charge in [-0.15, -0.1) is 0 Å².